The highest BCUT2D eigenvalue weighted by Crippen LogP contribution is 2.26. The van der Waals surface area contributed by atoms with Crippen molar-refractivity contribution in [3.05, 3.63) is 29.8 Å². The monoisotopic (exact) mass is 333 g/mol. The first-order valence-electron chi connectivity index (χ1n) is 6.68. The molecule has 0 saturated heterocycles. The summed E-state index contributed by atoms with van der Waals surface area (Å²) in [4.78, 5) is 23.2. The first-order chi connectivity index (χ1) is 10.3. The predicted octanol–water partition coefficient (Wildman–Crippen LogP) is 3.52. The Kier molecular flexibility index (Phi) is 5.29. The minimum absolute atomic E-state index is 0.285. The predicted molar refractivity (Wildman–Crippen MR) is 75.9 cm³/mol. The summed E-state index contributed by atoms with van der Waals surface area (Å²) in [6.07, 6.45) is -5.15. The Hall–Kier alpha value is -2.25. The molecule has 1 unspecified atom stereocenters. The van der Waals surface area contributed by atoms with E-state index in [1.54, 1.807) is 20.8 Å². The molecular formula is C15H18F3NO4. The van der Waals surface area contributed by atoms with Crippen molar-refractivity contribution in [2.24, 2.45) is 0 Å². The van der Waals surface area contributed by atoms with E-state index in [2.05, 4.69) is 10.1 Å². The lowest BCUT2D eigenvalue weighted by Gasteiger charge is -2.28. The highest BCUT2D eigenvalue weighted by molar-refractivity contribution is 5.78. The lowest BCUT2D eigenvalue weighted by molar-refractivity contribution is -0.274. The number of aldehydes is 1. The zero-order chi connectivity index (χ0) is 17.9. The van der Waals surface area contributed by atoms with Crippen LogP contribution in [0, 0.1) is 0 Å². The van der Waals surface area contributed by atoms with E-state index in [4.69, 9.17) is 4.74 Å². The van der Waals surface area contributed by atoms with Crippen molar-refractivity contribution in [3.63, 3.8) is 0 Å². The molecule has 0 aliphatic heterocycles. The molecule has 1 amide bonds. The van der Waals surface area contributed by atoms with Gasteiger partial charge in [-0.25, -0.2) is 4.79 Å². The third-order valence-electron chi connectivity index (χ3n) is 2.68. The van der Waals surface area contributed by atoms with Gasteiger partial charge in [-0.2, -0.15) is 0 Å². The fourth-order valence-electron chi connectivity index (χ4n) is 1.69. The van der Waals surface area contributed by atoms with Crippen LogP contribution in [-0.2, 0) is 15.1 Å². The molecule has 1 N–H and O–H groups in total. The van der Waals surface area contributed by atoms with Gasteiger partial charge in [-0.15, -0.1) is 13.2 Å². The van der Waals surface area contributed by atoms with Gasteiger partial charge in [-0.3, -0.25) is 0 Å². The number of carbonyl (C=O) groups excluding carboxylic acids is 2. The standard InChI is InChI=1S/C15H18F3NO4/c1-13(2,3)23-12(21)19-14(4,9-20)10-5-7-11(8-6-10)22-15(16,17)18/h5-9H,1-4H3,(H,19,21). The maximum Gasteiger partial charge on any atom is 0.573 e. The molecule has 5 nitrogen and oxygen atoms in total. The number of nitrogens with one attached hydrogen (secondary N) is 1. The van der Waals surface area contributed by atoms with E-state index in [-0.39, 0.29) is 5.56 Å². The van der Waals surface area contributed by atoms with Crippen LogP contribution in [0.2, 0.25) is 0 Å². The Labute approximate surface area is 131 Å². The molecule has 0 saturated carbocycles. The summed E-state index contributed by atoms with van der Waals surface area (Å²) in [5.74, 6) is -0.424. The van der Waals surface area contributed by atoms with Crippen molar-refractivity contribution in [1.82, 2.24) is 5.32 Å². The van der Waals surface area contributed by atoms with E-state index in [0.717, 1.165) is 12.1 Å². The fourth-order valence-corrected chi connectivity index (χ4v) is 1.69. The van der Waals surface area contributed by atoms with Crippen LogP contribution in [0.4, 0.5) is 18.0 Å². The SMILES string of the molecule is CC(C)(C)OC(=O)NC(C)(C=O)c1ccc(OC(F)(F)F)cc1. The first kappa shape index (κ1) is 18.8. The largest absolute Gasteiger partial charge is 0.573 e. The molecule has 0 aliphatic rings. The smallest absolute Gasteiger partial charge is 0.444 e. The average Bonchev–Trinajstić information content (AvgIpc) is 2.35. The van der Waals surface area contributed by atoms with E-state index in [1.165, 1.54) is 19.1 Å². The number of hydrogen-bond acceptors (Lipinski definition) is 4. The second-order valence-corrected chi connectivity index (χ2v) is 6.02. The van der Waals surface area contributed by atoms with Crippen LogP contribution in [0.15, 0.2) is 24.3 Å². The van der Waals surface area contributed by atoms with E-state index < -0.39 is 29.3 Å². The molecular weight excluding hydrogens is 315 g/mol. The highest BCUT2D eigenvalue weighted by atomic mass is 19.4. The molecule has 1 aromatic rings. The number of carbonyl (C=O) groups is 2. The number of alkyl halides is 3. The van der Waals surface area contributed by atoms with Gasteiger partial charge in [-0.1, -0.05) is 12.1 Å². The lowest BCUT2D eigenvalue weighted by atomic mass is 9.94. The Morgan fingerprint density at radius 3 is 2.00 bits per heavy atom. The summed E-state index contributed by atoms with van der Waals surface area (Å²) < 4.78 is 45.2. The molecule has 0 heterocycles. The van der Waals surface area contributed by atoms with Crippen molar-refractivity contribution in [2.75, 3.05) is 0 Å². The number of benzene rings is 1. The molecule has 0 radical (unpaired) electrons. The van der Waals surface area contributed by atoms with E-state index in [9.17, 15) is 22.8 Å². The maximum absolute atomic E-state index is 12.1. The van der Waals surface area contributed by atoms with Crippen LogP contribution in [0.3, 0.4) is 0 Å². The van der Waals surface area contributed by atoms with Gasteiger partial charge in [0.15, 0.2) is 0 Å². The second kappa shape index (κ2) is 6.47. The second-order valence-electron chi connectivity index (χ2n) is 6.02. The van der Waals surface area contributed by atoms with Gasteiger partial charge in [0.2, 0.25) is 0 Å². The van der Waals surface area contributed by atoms with E-state index in [0.29, 0.717) is 6.29 Å². The molecule has 1 aromatic carbocycles. The molecule has 128 valence electrons. The van der Waals surface area contributed by atoms with Gasteiger partial charge in [0.25, 0.3) is 0 Å². The van der Waals surface area contributed by atoms with Crippen LogP contribution >= 0.6 is 0 Å². The minimum atomic E-state index is -4.80. The molecule has 0 spiro atoms. The number of hydrogen-bond donors (Lipinski definition) is 1. The first-order valence-corrected chi connectivity index (χ1v) is 6.68. The van der Waals surface area contributed by atoms with Crippen molar-refractivity contribution < 1.29 is 32.2 Å². The maximum atomic E-state index is 12.1. The lowest BCUT2D eigenvalue weighted by Crippen LogP contribution is -2.46. The molecule has 8 heteroatoms. The van der Waals surface area contributed by atoms with Gasteiger partial charge in [0.05, 0.1) is 0 Å². The molecule has 0 aliphatic carbocycles. The van der Waals surface area contributed by atoms with Gasteiger partial charge in [0.1, 0.15) is 23.2 Å². The number of ether oxygens (including phenoxy) is 2. The summed E-state index contributed by atoms with van der Waals surface area (Å²) in [5.41, 5.74) is -1.91. The fraction of sp³-hybridized carbons (Fsp3) is 0.467. The van der Waals surface area contributed by atoms with Crippen LogP contribution in [-0.4, -0.2) is 24.3 Å². The summed E-state index contributed by atoms with van der Waals surface area (Å²) in [7, 11) is 0. The Bertz CT molecular complexity index is 564. The van der Waals surface area contributed by atoms with Crippen LogP contribution in [0.25, 0.3) is 0 Å². The molecule has 23 heavy (non-hydrogen) atoms. The molecule has 0 aromatic heterocycles. The molecule has 1 rings (SSSR count). The van der Waals surface area contributed by atoms with E-state index >= 15 is 0 Å². The summed E-state index contributed by atoms with van der Waals surface area (Å²) in [6, 6.07) is 4.63. The van der Waals surface area contributed by atoms with Gasteiger partial charge in [0, 0.05) is 0 Å². The topological polar surface area (TPSA) is 64.6 Å². The Balaban J connectivity index is 2.91. The summed E-state index contributed by atoms with van der Waals surface area (Å²) in [6.45, 7) is 6.39. The van der Waals surface area contributed by atoms with Crippen LogP contribution < -0.4 is 10.1 Å². The van der Waals surface area contributed by atoms with Crippen molar-refractivity contribution in [1.29, 1.82) is 0 Å². The zero-order valence-corrected chi connectivity index (χ0v) is 13.2. The van der Waals surface area contributed by atoms with Crippen LogP contribution in [0.1, 0.15) is 33.3 Å². The normalized spacial score (nSPS) is 14.6. The molecule has 0 fully saturated rings. The summed E-state index contributed by atoms with van der Waals surface area (Å²) >= 11 is 0. The molecule has 1 atom stereocenters. The average molecular weight is 333 g/mol. The number of rotatable bonds is 4. The van der Waals surface area contributed by atoms with Crippen LogP contribution in [0.5, 0.6) is 5.75 Å². The zero-order valence-electron chi connectivity index (χ0n) is 13.2. The van der Waals surface area contributed by atoms with Crippen molar-refractivity contribution in [3.8, 4) is 5.75 Å². The third kappa shape index (κ3) is 6.17. The Morgan fingerprint density at radius 1 is 1.09 bits per heavy atom. The van der Waals surface area contributed by atoms with Crippen molar-refractivity contribution >= 4 is 12.4 Å². The number of amides is 1. The molecule has 0 bridgehead atoms. The minimum Gasteiger partial charge on any atom is -0.444 e. The van der Waals surface area contributed by atoms with Gasteiger partial charge in [-0.05, 0) is 45.4 Å². The quantitative estimate of drug-likeness (QED) is 0.856. The number of halogens is 3. The summed E-state index contributed by atoms with van der Waals surface area (Å²) in [5, 5.41) is 2.39. The van der Waals surface area contributed by atoms with Crippen molar-refractivity contribution in [2.45, 2.75) is 45.2 Å². The van der Waals surface area contributed by atoms with Gasteiger partial charge < -0.3 is 19.6 Å². The third-order valence-corrected chi connectivity index (χ3v) is 2.68. The van der Waals surface area contributed by atoms with Gasteiger partial charge >= 0.3 is 12.5 Å². The number of alkyl carbamates (subject to hydrolysis) is 1. The van der Waals surface area contributed by atoms with E-state index in [1.807, 2.05) is 0 Å². The highest BCUT2D eigenvalue weighted by Gasteiger charge is 2.33. The Morgan fingerprint density at radius 2 is 1.61 bits per heavy atom.